The van der Waals surface area contributed by atoms with Crippen LogP contribution in [0.5, 0.6) is 0 Å². The summed E-state index contributed by atoms with van der Waals surface area (Å²) >= 11 is 5.30. The number of pyridine rings is 1. The zero-order valence-corrected chi connectivity index (χ0v) is 11.6. The van der Waals surface area contributed by atoms with Crippen LogP contribution in [0.4, 0.5) is 5.69 Å². The molecule has 1 atom stereocenters. The van der Waals surface area contributed by atoms with E-state index < -0.39 is 0 Å². The first-order chi connectivity index (χ1) is 7.66. The van der Waals surface area contributed by atoms with E-state index in [1.165, 1.54) is 10.4 Å². The van der Waals surface area contributed by atoms with Gasteiger partial charge in [0.1, 0.15) is 0 Å². The van der Waals surface area contributed by atoms with Crippen molar-refractivity contribution in [3.8, 4) is 0 Å². The standard InChI is InChI=1S/C12H13BrN2S/c1-8-5-10(7-14-6-8)15-9(2)12-11(13)3-4-16-12/h3-7,9,15H,1-2H3. The van der Waals surface area contributed by atoms with Crippen LogP contribution in [0, 0.1) is 6.92 Å². The molecule has 0 fully saturated rings. The highest BCUT2D eigenvalue weighted by molar-refractivity contribution is 9.10. The molecule has 0 spiro atoms. The topological polar surface area (TPSA) is 24.9 Å². The molecule has 0 aromatic carbocycles. The lowest BCUT2D eigenvalue weighted by Crippen LogP contribution is -2.05. The van der Waals surface area contributed by atoms with Crippen LogP contribution >= 0.6 is 27.3 Å². The first kappa shape index (κ1) is 11.6. The zero-order valence-electron chi connectivity index (χ0n) is 9.20. The number of hydrogen-bond donors (Lipinski definition) is 1. The molecule has 1 unspecified atom stereocenters. The molecule has 2 aromatic heterocycles. The van der Waals surface area contributed by atoms with Crippen LogP contribution < -0.4 is 5.32 Å². The van der Waals surface area contributed by atoms with E-state index in [4.69, 9.17) is 0 Å². The summed E-state index contributed by atoms with van der Waals surface area (Å²) in [5.41, 5.74) is 2.23. The molecule has 2 nitrogen and oxygen atoms in total. The Morgan fingerprint density at radius 1 is 1.44 bits per heavy atom. The van der Waals surface area contributed by atoms with Crippen LogP contribution in [0.3, 0.4) is 0 Å². The fourth-order valence-electron chi connectivity index (χ4n) is 1.56. The second-order valence-corrected chi connectivity index (χ2v) is 5.55. The van der Waals surface area contributed by atoms with Gasteiger partial charge in [0.15, 0.2) is 0 Å². The van der Waals surface area contributed by atoms with Crippen LogP contribution in [0.1, 0.15) is 23.4 Å². The SMILES string of the molecule is Cc1cncc(NC(C)c2sccc2Br)c1. The average molecular weight is 297 g/mol. The van der Waals surface area contributed by atoms with Crippen LogP contribution in [0.25, 0.3) is 0 Å². The molecule has 16 heavy (non-hydrogen) atoms. The van der Waals surface area contributed by atoms with Gasteiger partial charge >= 0.3 is 0 Å². The first-order valence-electron chi connectivity index (χ1n) is 5.08. The number of halogens is 1. The van der Waals surface area contributed by atoms with Gasteiger partial charge in [0.05, 0.1) is 11.7 Å². The molecule has 1 N–H and O–H groups in total. The minimum atomic E-state index is 0.290. The summed E-state index contributed by atoms with van der Waals surface area (Å²) in [5, 5.41) is 5.53. The van der Waals surface area contributed by atoms with Crippen molar-refractivity contribution in [1.29, 1.82) is 0 Å². The molecule has 0 saturated carbocycles. The predicted molar refractivity (Wildman–Crippen MR) is 73.0 cm³/mol. The van der Waals surface area contributed by atoms with Gasteiger partial charge < -0.3 is 5.32 Å². The molecule has 2 heterocycles. The van der Waals surface area contributed by atoms with E-state index in [0.717, 1.165) is 10.2 Å². The van der Waals surface area contributed by atoms with Gasteiger partial charge in [-0.1, -0.05) is 0 Å². The Hall–Kier alpha value is -0.870. The minimum absolute atomic E-state index is 0.290. The molecule has 0 bridgehead atoms. The molecular weight excluding hydrogens is 284 g/mol. The molecule has 0 aliphatic carbocycles. The van der Waals surface area contributed by atoms with Gasteiger partial charge in [-0.3, -0.25) is 4.98 Å². The van der Waals surface area contributed by atoms with Crippen molar-refractivity contribution >= 4 is 33.0 Å². The highest BCUT2D eigenvalue weighted by Crippen LogP contribution is 2.30. The number of nitrogens with one attached hydrogen (secondary N) is 1. The monoisotopic (exact) mass is 296 g/mol. The third-order valence-electron chi connectivity index (χ3n) is 2.30. The van der Waals surface area contributed by atoms with Crippen molar-refractivity contribution in [2.24, 2.45) is 0 Å². The van der Waals surface area contributed by atoms with E-state index in [-0.39, 0.29) is 6.04 Å². The summed E-state index contributed by atoms with van der Waals surface area (Å²) in [7, 11) is 0. The van der Waals surface area contributed by atoms with Crippen LogP contribution in [0.2, 0.25) is 0 Å². The summed E-state index contributed by atoms with van der Waals surface area (Å²) < 4.78 is 1.16. The molecule has 0 aliphatic heterocycles. The Labute approximate surface area is 108 Å². The van der Waals surface area contributed by atoms with Crippen molar-refractivity contribution in [3.05, 3.63) is 44.8 Å². The molecule has 0 radical (unpaired) electrons. The van der Waals surface area contributed by atoms with E-state index in [1.54, 1.807) is 11.3 Å². The van der Waals surface area contributed by atoms with Crippen molar-refractivity contribution < 1.29 is 0 Å². The molecule has 84 valence electrons. The normalized spacial score (nSPS) is 12.4. The third kappa shape index (κ3) is 2.62. The highest BCUT2D eigenvalue weighted by atomic mass is 79.9. The van der Waals surface area contributed by atoms with Crippen LogP contribution in [-0.4, -0.2) is 4.98 Å². The lowest BCUT2D eigenvalue weighted by molar-refractivity contribution is 0.900. The quantitative estimate of drug-likeness (QED) is 0.909. The number of aromatic nitrogens is 1. The van der Waals surface area contributed by atoms with Gasteiger partial charge in [-0.25, -0.2) is 0 Å². The Kier molecular flexibility index (Phi) is 3.61. The summed E-state index contributed by atoms with van der Waals surface area (Å²) in [4.78, 5) is 5.48. The van der Waals surface area contributed by atoms with Gasteiger partial charge in [-0.05, 0) is 52.9 Å². The van der Waals surface area contributed by atoms with Crippen molar-refractivity contribution in [2.45, 2.75) is 19.9 Å². The fraction of sp³-hybridized carbons (Fsp3) is 0.250. The summed E-state index contributed by atoms with van der Waals surface area (Å²) in [6, 6.07) is 4.47. The molecule has 0 aliphatic rings. The molecule has 4 heteroatoms. The number of thiophene rings is 1. The maximum atomic E-state index is 4.17. The predicted octanol–water partition coefficient (Wildman–Crippen LogP) is 4.39. The number of nitrogens with zero attached hydrogens (tertiary/aromatic N) is 1. The number of anilines is 1. The van der Waals surface area contributed by atoms with Crippen LogP contribution in [0.15, 0.2) is 34.4 Å². The molecule has 0 amide bonds. The maximum Gasteiger partial charge on any atom is 0.0590 e. The fourth-order valence-corrected chi connectivity index (χ4v) is 3.29. The van der Waals surface area contributed by atoms with E-state index in [0.29, 0.717) is 0 Å². The summed E-state index contributed by atoms with van der Waals surface area (Å²) in [6.45, 7) is 4.20. The molecule has 2 rings (SSSR count). The Bertz CT molecular complexity index is 481. The number of rotatable bonds is 3. The van der Waals surface area contributed by atoms with E-state index in [2.05, 4.69) is 50.7 Å². The lowest BCUT2D eigenvalue weighted by atomic mass is 10.2. The van der Waals surface area contributed by atoms with Gasteiger partial charge in [-0.2, -0.15) is 0 Å². The second-order valence-electron chi connectivity index (χ2n) is 3.75. The van der Waals surface area contributed by atoms with Crippen LogP contribution in [-0.2, 0) is 0 Å². The van der Waals surface area contributed by atoms with E-state index in [9.17, 15) is 0 Å². The summed E-state index contributed by atoms with van der Waals surface area (Å²) in [5.74, 6) is 0. The first-order valence-corrected chi connectivity index (χ1v) is 6.75. The Balaban J connectivity index is 2.14. The molecular formula is C12H13BrN2S. The minimum Gasteiger partial charge on any atom is -0.376 e. The van der Waals surface area contributed by atoms with Crippen molar-refractivity contribution in [2.75, 3.05) is 5.32 Å². The number of aryl methyl sites for hydroxylation is 1. The number of hydrogen-bond acceptors (Lipinski definition) is 3. The van der Waals surface area contributed by atoms with Crippen molar-refractivity contribution in [3.63, 3.8) is 0 Å². The highest BCUT2D eigenvalue weighted by Gasteiger charge is 2.10. The average Bonchev–Trinajstić information content (AvgIpc) is 2.64. The third-order valence-corrected chi connectivity index (χ3v) is 4.35. The maximum absolute atomic E-state index is 4.17. The van der Waals surface area contributed by atoms with Gasteiger partial charge in [0.25, 0.3) is 0 Å². The van der Waals surface area contributed by atoms with E-state index in [1.807, 2.05) is 19.3 Å². The smallest absolute Gasteiger partial charge is 0.0590 e. The second kappa shape index (κ2) is 4.97. The van der Waals surface area contributed by atoms with Gasteiger partial charge in [0, 0.05) is 21.7 Å². The van der Waals surface area contributed by atoms with Gasteiger partial charge in [-0.15, -0.1) is 11.3 Å². The van der Waals surface area contributed by atoms with Crippen molar-refractivity contribution in [1.82, 2.24) is 4.98 Å². The summed E-state index contributed by atoms with van der Waals surface area (Å²) in [6.07, 6.45) is 3.71. The van der Waals surface area contributed by atoms with Gasteiger partial charge in [0.2, 0.25) is 0 Å². The molecule has 2 aromatic rings. The largest absolute Gasteiger partial charge is 0.376 e. The molecule has 0 saturated heterocycles. The van der Waals surface area contributed by atoms with E-state index >= 15 is 0 Å². The zero-order chi connectivity index (χ0) is 11.5. The lowest BCUT2D eigenvalue weighted by Gasteiger charge is -2.14. The Morgan fingerprint density at radius 3 is 2.88 bits per heavy atom. The Morgan fingerprint density at radius 2 is 2.25 bits per heavy atom.